The van der Waals surface area contributed by atoms with Crippen molar-refractivity contribution in [2.75, 3.05) is 7.11 Å². The van der Waals surface area contributed by atoms with Crippen LogP contribution in [0.5, 0.6) is 17.4 Å². The number of carbonyl (C=O) groups excluding carboxylic acids is 1. The number of carbonyl (C=O) groups is 1. The smallest absolute Gasteiger partial charge is 0.226 e. The highest BCUT2D eigenvalue weighted by Crippen LogP contribution is 2.31. The second-order valence-electron chi connectivity index (χ2n) is 4.07. The Kier molecular flexibility index (Phi) is 3.69. The largest absolute Gasteiger partial charge is 0.481 e. The summed E-state index contributed by atoms with van der Waals surface area (Å²) in [6.45, 7) is 0. The van der Waals surface area contributed by atoms with Gasteiger partial charge in [0.1, 0.15) is 0 Å². The Morgan fingerprint density at radius 1 is 1.27 bits per heavy atom. The number of hydrogen-bond acceptors (Lipinski definition) is 8. The molecule has 110 valence electrons. The van der Waals surface area contributed by atoms with Crippen LogP contribution in [0.15, 0.2) is 30.6 Å². The fraction of sp³-hybridized carbons (Fsp3) is 0.0769. The quantitative estimate of drug-likeness (QED) is 0.700. The minimum atomic E-state index is 0.272. The highest BCUT2D eigenvalue weighted by Gasteiger charge is 2.15. The van der Waals surface area contributed by atoms with Crippen molar-refractivity contribution in [3.8, 4) is 28.9 Å². The molecule has 3 aromatic heterocycles. The van der Waals surface area contributed by atoms with Crippen LogP contribution in [0.4, 0.5) is 0 Å². The van der Waals surface area contributed by atoms with Gasteiger partial charge in [0.15, 0.2) is 23.5 Å². The molecule has 0 aliphatic rings. The van der Waals surface area contributed by atoms with E-state index in [4.69, 9.17) is 9.47 Å². The fourth-order valence-electron chi connectivity index (χ4n) is 1.75. The molecule has 0 radical (unpaired) electrons. The zero-order valence-corrected chi connectivity index (χ0v) is 11.4. The first-order chi connectivity index (χ1) is 10.8. The van der Waals surface area contributed by atoms with Crippen molar-refractivity contribution in [3.05, 3.63) is 36.2 Å². The standard InChI is InChI=1S/C13H10N6O3/c1-21-11-5-8(7-20)10(6-15-11)22-9-3-2-4-14-12(9)13-16-18-19-17-13/h2-7H,1H3,(H,16,17,18,19). The summed E-state index contributed by atoms with van der Waals surface area (Å²) in [7, 11) is 1.47. The van der Waals surface area contributed by atoms with Gasteiger partial charge in [-0.25, -0.2) is 9.97 Å². The third kappa shape index (κ3) is 2.59. The van der Waals surface area contributed by atoms with E-state index in [-0.39, 0.29) is 11.6 Å². The first-order valence-corrected chi connectivity index (χ1v) is 6.17. The van der Waals surface area contributed by atoms with Gasteiger partial charge in [0.2, 0.25) is 11.7 Å². The van der Waals surface area contributed by atoms with Crippen LogP contribution in [-0.2, 0) is 0 Å². The van der Waals surface area contributed by atoms with E-state index >= 15 is 0 Å². The lowest BCUT2D eigenvalue weighted by Crippen LogP contribution is -1.97. The maximum Gasteiger partial charge on any atom is 0.226 e. The number of H-pyrrole nitrogens is 1. The molecule has 0 aliphatic heterocycles. The lowest BCUT2D eigenvalue weighted by Gasteiger charge is -2.10. The topological polar surface area (TPSA) is 116 Å². The summed E-state index contributed by atoms with van der Waals surface area (Å²) in [6.07, 6.45) is 3.63. The van der Waals surface area contributed by atoms with Crippen LogP contribution in [0.3, 0.4) is 0 Å². The average molecular weight is 298 g/mol. The Balaban J connectivity index is 1.99. The second-order valence-corrected chi connectivity index (χ2v) is 4.07. The minimum absolute atomic E-state index is 0.272. The Morgan fingerprint density at radius 2 is 2.18 bits per heavy atom. The van der Waals surface area contributed by atoms with Gasteiger partial charge in [-0.15, -0.1) is 10.2 Å². The van der Waals surface area contributed by atoms with Crippen LogP contribution < -0.4 is 9.47 Å². The van der Waals surface area contributed by atoms with E-state index in [2.05, 4.69) is 30.6 Å². The molecule has 0 saturated carbocycles. The van der Waals surface area contributed by atoms with Gasteiger partial charge < -0.3 is 9.47 Å². The third-order valence-electron chi connectivity index (χ3n) is 2.76. The van der Waals surface area contributed by atoms with Crippen molar-refractivity contribution in [1.29, 1.82) is 0 Å². The average Bonchev–Trinajstić information content (AvgIpc) is 3.10. The molecule has 0 amide bonds. The number of aromatic amines is 1. The lowest BCUT2D eigenvalue weighted by molar-refractivity contribution is 0.112. The van der Waals surface area contributed by atoms with E-state index < -0.39 is 0 Å². The van der Waals surface area contributed by atoms with Gasteiger partial charge in [-0.3, -0.25) is 4.79 Å². The van der Waals surface area contributed by atoms with Crippen molar-refractivity contribution in [3.63, 3.8) is 0 Å². The van der Waals surface area contributed by atoms with Crippen molar-refractivity contribution in [2.45, 2.75) is 0 Å². The zero-order chi connectivity index (χ0) is 15.4. The molecule has 0 aromatic carbocycles. The first kappa shape index (κ1) is 13.6. The van der Waals surface area contributed by atoms with Crippen molar-refractivity contribution >= 4 is 6.29 Å². The van der Waals surface area contributed by atoms with Gasteiger partial charge in [-0.1, -0.05) is 0 Å². The highest BCUT2D eigenvalue weighted by molar-refractivity contribution is 5.80. The normalized spacial score (nSPS) is 10.2. The number of aromatic nitrogens is 6. The number of ether oxygens (including phenoxy) is 2. The zero-order valence-electron chi connectivity index (χ0n) is 11.4. The van der Waals surface area contributed by atoms with E-state index in [1.54, 1.807) is 18.3 Å². The van der Waals surface area contributed by atoms with E-state index in [0.717, 1.165) is 0 Å². The molecule has 3 heterocycles. The molecule has 0 fully saturated rings. The maximum absolute atomic E-state index is 11.2. The summed E-state index contributed by atoms with van der Waals surface area (Å²) >= 11 is 0. The summed E-state index contributed by atoms with van der Waals surface area (Å²) in [5, 5.41) is 13.6. The molecule has 22 heavy (non-hydrogen) atoms. The summed E-state index contributed by atoms with van der Waals surface area (Å²) in [6, 6.07) is 4.85. The van der Waals surface area contributed by atoms with Crippen LogP contribution in [0.2, 0.25) is 0 Å². The van der Waals surface area contributed by atoms with Crippen LogP contribution in [0, 0.1) is 0 Å². The molecule has 0 bridgehead atoms. The molecule has 0 spiro atoms. The summed E-state index contributed by atoms with van der Waals surface area (Å²) in [5.41, 5.74) is 0.693. The molecule has 3 rings (SSSR count). The van der Waals surface area contributed by atoms with Crippen LogP contribution in [-0.4, -0.2) is 44.0 Å². The maximum atomic E-state index is 11.2. The van der Waals surface area contributed by atoms with Crippen LogP contribution in [0.25, 0.3) is 11.5 Å². The highest BCUT2D eigenvalue weighted by atomic mass is 16.5. The van der Waals surface area contributed by atoms with Crippen molar-refractivity contribution < 1.29 is 14.3 Å². The monoisotopic (exact) mass is 298 g/mol. The van der Waals surface area contributed by atoms with E-state index in [1.807, 2.05) is 0 Å². The fourth-order valence-corrected chi connectivity index (χ4v) is 1.75. The molecule has 0 aliphatic carbocycles. The number of tetrazole rings is 1. The Morgan fingerprint density at radius 3 is 2.91 bits per heavy atom. The molecular formula is C13H10N6O3. The number of aldehydes is 1. The molecular weight excluding hydrogens is 288 g/mol. The number of rotatable bonds is 5. The van der Waals surface area contributed by atoms with Gasteiger partial charge in [0.05, 0.1) is 18.9 Å². The molecule has 9 heteroatoms. The lowest BCUT2D eigenvalue weighted by atomic mass is 10.2. The van der Waals surface area contributed by atoms with Gasteiger partial charge in [-0.2, -0.15) is 5.21 Å². The van der Waals surface area contributed by atoms with Gasteiger partial charge in [0.25, 0.3) is 0 Å². The predicted molar refractivity (Wildman–Crippen MR) is 73.7 cm³/mol. The molecule has 0 atom stereocenters. The van der Waals surface area contributed by atoms with E-state index in [9.17, 15) is 4.79 Å². The molecule has 0 unspecified atom stereocenters. The second kappa shape index (κ2) is 5.95. The van der Waals surface area contributed by atoms with Gasteiger partial charge in [0, 0.05) is 12.3 Å². The first-order valence-electron chi connectivity index (χ1n) is 6.17. The van der Waals surface area contributed by atoms with E-state index in [0.29, 0.717) is 29.2 Å². The van der Waals surface area contributed by atoms with Gasteiger partial charge >= 0.3 is 0 Å². The SMILES string of the molecule is COc1cc(C=O)c(Oc2cccnc2-c2nn[nH]n2)cn1. The van der Waals surface area contributed by atoms with Crippen LogP contribution in [0.1, 0.15) is 10.4 Å². The Labute approximate surface area is 124 Å². The number of nitrogens with zero attached hydrogens (tertiary/aromatic N) is 5. The third-order valence-corrected chi connectivity index (χ3v) is 2.76. The number of hydrogen-bond donors (Lipinski definition) is 1. The van der Waals surface area contributed by atoms with Crippen LogP contribution >= 0.6 is 0 Å². The summed E-state index contributed by atoms with van der Waals surface area (Å²) in [5.74, 6) is 1.25. The molecule has 3 aromatic rings. The molecule has 0 saturated heterocycles. The summed E-state index contributed by atoms with van der Waals surface area (Å²) < 4.78 is 10.7. The number of nitrogens with one attached hydrogen (secondary N) is 1. The molecule has 9 nitrogen and oxygen atoms in total. The van der Waals surface area contributed by atoms with Crippen molar-refractivity contribution in [2.24, 2.45) is 0 Å². The number of pyridine rings is 2. The van der Waals surface area contributed by atoms with E-state index in [1.165, 1.54) is 19.4 Å². The van der Waals surface area contributed by atoms with Gasteiger partial charge in [-0.05, 0) is 17.3 Å². The number of methoxy groups -OCH3 is 1. The Bertz CT molecular complexity index is 790. The Hall–Kier alpha value is -3.36. The minimum Gasteiger partial charge on any atom is -0.481 e. The predicted octanol–water partition coefficient (Wildman–Crippen LogP) is 1.27. The van der Waals surface area contributed by atoms with Crippen molar-refractivity contribution in [1.82, 2.24) is 30.6 Å². The summed E-state index contributed by atoms with van der Waals surface area (Å²) in [4.78, 5) is 19.4. The molecule has 1 N–H and O–H groups in total.